The first-order valence-corrected chi connectivity index (χ1v) is 12.6. The highest BCUT2D eigenvalue weighted by molar-refractivity contribution is 8.00. The highest BCUT2D eigenvalue weighted by Gasteiger charge is 2.31. The third-order valence-corrected chi connectivity index (χ3v) is 8.02. The normalized spacial score (nSPS) is 15.9. The molecule has 0 saturated heterocycles. The molecule has 0 radical (unpaired) electrons. The van der Waals surface area contributed by atoms with Crippen molar-refractivity contribution in [3.63, 3.8) is 0 Å². The standard InChI is InChI=1S/C24H28N4O2S2/c1-14(29)27-16-6-8-17(9-7-16)28-20(30)12-31-22-21-18-10-5-15(24(2,3)4)11-19(18)32-23(21)26-13-25-22/h6-9,13,15H,5,10-12H2,1-4H3,(H,27,29)(H,28,30)/t15-/m1/s1. The second-order valence-electron chi connectivity index (χ2n) is 9.26. The Hall–Kier alpha value is -2.45. The molecule has 0 bridgehead atoms. The molecule has 2 heterocycles. The molecule has 0 spiro atoms. The van der Waals surface area contributed by atoms with Crippen LogP contribution in [0.5, 0.6) is 0 Å². The fraction of sp³-hybridized carbons (Fsp3) is 0.417. The largest absolute Gasteiger partial charge is 0.326 e. The molecule has 1 aliphatic rings. The van der Waals surface area contributed by atoms with Crippen LogP contribution in [0.2, 0.25) is 0 Å². The summed E-state index contributed by atoms with van der Waals surface area (Å²) in [6, 6.07) is 7.08. The van der Waals surface area contributed by atoms with Gasteiger partial charge in [0.05, 0.1) is 5.75 Å². The van der Waals surface area contributed by atoms with Crippen molar-refractivity contribution in [2.75, 3.05) is 16.4 Å². The predicted molar refractivity (Wildman–Crippen MR) is 132 cm³/mol. The molecule has 2 aromatic heterocycles. The summed E-state index contributed by atoms with van der Waals surface area (Å²) in [5.41, 5.74) is 3.07. The van der Waals surface area contributed by atoms with Gasteiger partial charge >= 0.3 is 0 Å². The van der Waals surface area contributed by atoms with E-state index in [-0.39, 0.29) is 17.6 Å². The Morgan fingerprint density at radius 2 is 1.81 bits per heavy atom. The predicted octanol–water partition coefficient (Wildman–Crippen LogP) is 5.53. The number of rotatable bonds is 5. The SMILES string of the molecule is CC(=O)Nc1ccc(NC(=O)CSc2ncnc3sc4c(c23)CC[C@@H](C(C)(C)C)C4)cc1. The van der Waals surface area contributed by atoms with E-state index >= 15 is 0 Å². The van der Waals surface area contributed by atoms with Gasteiger partial charge in [-0.25, -0.2) is 9.97 Å². The van der Waals surface area contributed by atoms with Gasteiger partial charge in [-0.3, -0.25) is 9.59 Å². The lowest BCUT2D eigenvalue weighted by molar-refractivity contribution is -0.114. The Morgan fingerprint density at radius 1 is 1.12 bits per heavy atom. The third-order valence-electron chi connectivity index (χ3n) is 5.86. The minimum absolute atomic E-state index is 0.0917. The number of aryl methyl sites for hydroxylation is 1. The Bertz CT molecular complexity index is 1150. The average Bonchev–Trinajstić information content (AvgIpc) is 3.11. The van der Waals surface area contributed by atoms with Crippen LogP contribution in [-0.4, -0.2) is 27.5 Å². The van der Waals surface area contributed by atoms with Crippen LogP contribution in [0, 0.1) is 11.3 Å². The van der Waals surface area contributed by atoms with Gasteiger partial charge in [0.25, 0.3) is 0 Å². The highest BCUT2D eigenvalue weighted by atomic mass is 32.2. The van der Waals surface area contributed by atoms with Gasteiger partial charge in [-0.05, 0) is 60.4 Å². The van der Waals surface area contributed by atoms with Crippen molar-refractivity contribution in [2.45, 2.75) is 52.0 Å². The number of thioether (sulfide) groups is 1. The van der Waals surface area contributed by atoms with Gasteiger partial charge < -0.3 is 10.6 Å². The van der Waals surface area contributed by atoms with Crippen molar-refractivity contribution >= 4 is 56.5 Å². The molecule has 4 rings (SSSR count). The second-order valence-corrected chi connectivity index (χ2v) is 11.3. The van der Waals surface area contributed by atoms with E-state index in [1.165, 1.54) is 35.5 Å². The molecule has 0 unspecified atom stereocenters. The first-order valence-electron chi connectivity index (χ1n) is 10.8. The van der Waals surface area contributed by atoms with Gasteiger partial charge in [-0.1, -0.05) is 32.5 Å². The summed E-state index contributed by atoms with van der Waals surface area (Å²) in [7, 11) is 0. The summed E-state index contributed by atoms with van der Waals surface area (Å²) >= 11 is 3.24. The Labute approximate surface area is 196 Å². The number of aromatic nitrogens is 2. The molecule has 2 amide bonds. The van der Waals surface area contributed by atoms with Crippen LogP contribution in [0.1, 0.15) is 44.6 Å². The molecule has 6 nitrogen and oxygen atoms in total. The second kappa shape index (κ2) is 9.19. The monoisotopic (exact) mass is 468 g/mol. The van der Waals surface area contributed by atoms with Crippen LogP contribution >= 0.6 is 23.1 Å². The fourth-order valence-corrected chi connectivity index (χ4v) is 6.26. The Kier molecular flexibility index (Phi) is 6.53. The number of benzene rings is 1. The molecular formula is C24H28N4O2S2. The number of carbonyl (C=O) groups is 2. The van der Waals surface area contributed by atoms with E-state index in [1.54, 1.807) is 41.9 Å². The Balaban J connectivity index is 1.44. The zero-order valence-corrected chi connectivity index (χ0v) is 20.5. The maximum Gasteiger partial charge on any atom is 0.234 e. The summed E-state index contributed by atoms with van der Waals surface area (Å²) < 4.78 is 0. The van der Waals surface area contributed by atoms with Crippen LogP contribution in [0.3, 0.4) is 0 Å². The minimum Gasteiger partial charge on any atom is -0.326 e. The van der Waals surface area contributed by atoms with Crippen LogP contribution in [-0.2, 0) is 22.4 Å². The zero-order chi connectivity index (χ0) is 22.9. The molecular weight excluding hydrogens is 440 g/mol. The molecule has 0 saturated carbocycles. The first kappa shape index (κ1) is 22.7. The molecule has 8 heteroatoms. The van der Waals surface area contributed by atoms with Crippen molar-refractivity contribution < 1.29 is 9.59 Å². The molecule has 1 aliphatic carbocycles. The number of anilines is 2. The molecule has 0 fully saturated rings. The van der Waals surface area contributed by atoms with Gasteiger partial charge in [-0.2, -0.15) is 0 Å². The highest BCUT2D eigenvalue weighted by Crippen LogP contribution is 2.44. The van der Waals surface area contributed by atoms with E-state index in [2.05, 4.69) is 41.4 Å². The summed E-state index contributed by atoms with van der Waals surface area (Å²) in [6.45, 7) is 8.43. The number of fused-ring (bicyclic) bond motifs is 3. The van der Waals surface area contributed by atoms with Gasteiger partial charge in [0.1, 0.15) is 16.2 Å². The third kappa shape index (κ3) is 5.13. The van der Waals surface area contributed by atoms with Gasteiger partial charge in [0.15, 0.2) is 0 Å². The lowest BCUT2D eigenvalue weighted by Gasteiger charge is -2.33. The molecule has 168 valence electrons. The molecule has 0 aliphatic heterocycles. The van der Waals surface area contributed by atoms with Crippen molar-refractivity contribution in [3.05, 3.63) is 41.0 Å². The molecule has 3 aromatic rings. The van der Waals surface area contributed by atoms with Crippen LogP contribution in [0.4, 0.5) is 11.4 Å². The smallest absolute Gasteiger partial charge is 0.234 e. The van der Waals surface area contributed by atoms with E-state index in [0.29, 0.717) is 22.7 Å². The number of thiophene rings is 1. The molecule has 1 atom stereocenters. The number of nitrogens with zero attached hydrogens (tertiary/aromatic N) is 2. The lowest BCUT2D eigenvalue weighted by Crippen LogP contribution is -2.26. The van der Waals surface area contributed by atoms with Gasteiger partial charge in [-0.15, -0.1) is 11.3 Å². The van der Waals surface area contributed by atoms with E-state index in [9.17, 15) is 9.59 Å². The summed E-state index contributed by atoms with van der Waals surface area (Å²) in [5.74, 6) is 0.731. The lowest BCUT2D eigenvalue weighted by atomic mass is 9.72. The van der Waals surface area contributed by atoms with E-state index in [4.69, 9.17) is 0 Å². The zero-order valence-electron chi connectivity index (χ0n) is 18.8. The van der Waals surface area contributed by atoms with Crippen molar-refractivity contribution in [3.8, 4) is 0 Å². The van der Waals surface area contributed by atoms with E-state index < -0.39 is 0 Å². The fourth-order valence-electron chi connectivity index (χ4n) is 4.10. The van der Waals surface area contributed by atoms with Gasteiger partial charge in [0.2, 0.25) is 11.8 Å². The summed E-state index contributed by atoms with van der Waals surface area (Å²) in [4.78, 5) is 35.1. The average molecular weight is 469 g/mol. The van der Waals surface area contributed by atoms with Crippen molar-refractivity contribution in [1.29, 1.82) is 0 Å². The molecule has 32 heavy (non-hydrogen) atoms. The van der Waals surface area contributed by atoms with Crippen LogP contribution in [0.25, 0.3) is 10.2 Å². The molecule has 2 N–H and O–H groups in total. The maximum atomic E-state index is 12.5. The quantitative estimate of drug-likeness (QED) is 0.380. The van der Waals surface area contributed by atoms with Gasteiger partial charge in [0, 0.05) is 28.6 Å². The topological polar surface area (TPSA) is 84.0 Å². The van der Waals surface area contributed by atoms with E-state index in [1.807, 2.05) is 0 Å². The summed E-state index contributed by atoms with van der Waals surface area (Å²) in [5, 5.41) is 7.64. The van der Waals surface area contributed by atoms with Crippen LogP contribution in [0.15, 0.2) is 35.6 Å². The number of nitrogens with one attached hydrogen (secondary N) is 2. The van der Waals surface area contributed by atoms with Crippen LogP contribution < -0.4 is 10.6 Å². The number of amides is 2. The molecule has 1 aromatic carbocycles. The number of hydrogen-bond donors (Lipinski definition) is 2. The van der Waals surface area contributed by atoms with E-state index in [0.717, 1.165) is 28.1 Å². The number of carbonyl (C=O) groups excluding carboxylic acids is 2. The summed E-state index contributed by atoms with van der Waals surface area (Å²) in [6.07, 6.45) is 4.92. The minimum atomic E-state index is -0.126. The number of hydrogen-bond acceptors (Lipinski definition) is 6. The van der Waals surface area contributed by atoms with Crippen molar-refractivity contribution in [2.24, 2.45) is 11.3 Å². The van der Waals surface area contributed by atoms with Crippen molar-refractivity contribution in [1.82, 2.24) is 9.97 Å². The first-order chi connectivity index (χ1) is 15.2. The maximum absolute atomic E-state index is 12.5. The Morgan fingerprint density at radius 3 is 2.47 bits per heavy atom.